The molecule has 10 rings (SSSR count). The molecule has 7 aromatic carbocycles. The van der Waals surface area contributed by atoms with Gasteiger partial charge in [-0.05, 0) is 48.5 Å². The molecule has 0 N–H and O–H groups in total. The maximum Gasteiger partial charge on any atom is 0.182 e. The zero-order chi connectivity index (χ0) is 32.3. The lowest BCUT2D eigenvalue weighted by Crippen LogP contribution is -2.01. The molecule has 3 heterocycles. The molecule has 0 aliphatic carbocycles. The van der Waals surface area contributed by atoms with E-state index < -0.39 is 0 Å². The van der Waals surface area contributed by atoms with Gasteiger partial charge in [-0.15, -0.1) is 5.10 Å². The Bertz CT molecular complexity index is 2770. The summed E-state index contributed by atoms with van der Waals surface area (Å²) in [6.07, 6.45) is 0. The van der Waals surface area contributed by atoms with Crippen LogP contribution in [0.15, 0.2) is 176 Å². The van der Waals surface area contributed by atoms with Gasteiger partial charge in [-0.2, -0.15) is 0 Å². The minimum absolute atomic E-state index is 0.694. The van der Waals surface area contributed by atoms with E-state index in [0.29, 0.717) is 5.82 Å². The highest BCUT2D eigenvalue weighted by Crippen LogP contribution is 2.38. The third-order valence-electron chi connectivity index (χ3n) is 9.50. The second-order valence-electron chi connectivity index (χ2n) is 12.3. The van der Waals surface area contributed by atoms with Crippen molar-refractivity contribution < 1.29 is 0 Å². The number of para-hydroxylation sites is 3. The van der Waals surface area contributed by atoms with Gasteiger partial charge < -0.3 is 9.13 Å². The highest BCUT2D eigenvalue weighted by Gasteiger charge is 2.21. The molecule has 5 nitrogen and oxygen atoms in total. The van der Waals surface area contributed by atoms with Crippen LogP contribution in [-0.4, -0.2) is 23.9 Å². The summed E-state index contributed by atoms with van der Waals surface area (Å²) in [5, 5.41) is 9.95. The first-order valence-corrected chi connectivity index (χ1v) is 16.5. The van der Waals surface area contributed by atoms with Crippen molar-refractivity contribution in [3.63, 3.8) is 0 Å². The van der Waals surface area contributed by atoms with E-state index in [-0.39, 0.29) is 0 Å². The predicted octanol–water partition coefficient (Wildman–Crippen LogP) is 10.8. The Kier molecular flexibility index (Phi) is 6.11. The van der Waals surface area contributed by atoms with Crippen LogP contribution in [0.4, 0.5) is 0 Å². The van der Waals surface area contributed by atoms with Gasteiger partial charge in [0.15, 0.2) is 11.6 Å². The summed E-state index contributed by atoms with van der Waals surface area (Å²) in [6.45, 7) is 0. The van der Waals surface area contributed by atoms with Gasteiger partial charge in [0.25, 0.3) is 0 Å². The summed E-state index contributed by atoms with van der Waals surface area (Å²) in [6, 6.07) is 61.9. The zero-order valence-electron chi connectivity index (χ0n) is 26.5. The van der Waals surface area contributed by atoms with E-state index >= 15 is 0 Å². The standard InChI is InChI=1S/C44H29N5/c1-3-15-30(16-4-1)43-45-44(31-17-5-2-6-18-31)49(46-43)41-28-14-27-40-42(41)36-23-9-12-26-39(36)48(40)33-20-13-19-32(29-33)47-37-24-10-7-21-34(37)35-22-8-11-25-38(35)47/h1-29H. The molecule has 0 bridgehead atoms. The molecule has 0 spiro atoms. The maximum absolute atomic E-state index is 5.16. The van der Waals surface area contributed by atoms with Crippen molar-refractivity contribution >= 4 is 43.6 Å². The van der Waals surface area contributed by atoms with Crippen LogP contribution in [-0.2, 0) is 0 Å². The van der Waals surface area contributed by atoms with Gasteiger partial charge in [0, 0.05) is 44.0 Å². The molecule has 0 saturated heterocycles. The molecule has 0 aliphatic rings. The monoisotopic (exact) mass is 627 g/mol. The number of hydrogen-bond donors (Lipinski definition) is 0. The van der Waals surface area contributed by atoms with Crippen molar-refractivity contribution in [2.75, 3.05) is 0 Å². The fourth-order valence-electron chi connectivity index (χ4n) is 7.39. The molecule has 0 fully saturated rings. The second-order valence-corrected chi connectivity index (χ2v) is 12.3. The molecule has 5 heteroatoms. The van der Waals surface area contributed by atoms with Crippen LogP contribution in [0, 0.1) is 0 Å². The Balaban J connectivity index is 1.23. The van der Waals surface area contributed by atoms with Crippen LogP contribution >= 0.6 is 0 Å². The molecular formula is C44H29N5. The van der Waals surface area contributed by atoms with Crippen molar-refractivity contribution in [1.29, 1.82) is 0 Å². The zero-order valence-corrected chi connectivity index (χ0v) is 26.5. The van der Waals surface area contributed by atoms with E-state index in [1.807, 2.05) is 41.1 Å². The Morgan fingerprint density at radius 2 is 0.878 bits per heavy atom. The quantitative estimate of drug-likeness (QED) is 0.190. The van der Waals surface area contributed by atoms with Crippen molar-refractivity contribution in [3.05, 3.63) is 176 Å². The Hall–Kier alpha value is -6.72. The first kappa shape index (κ1) is 27.4. The molecule has 3 aromatic heterocycles. The lowest BCUT2D eigenvalue weighted by atomic mass is 10.1. The lowest BCUT2D eigenvalue weighted by molar-refractivity contribution is 0.898. The van der Waals surface area contributed by atoms with E-state index in [4.69, 9.17) is 10.1 Å². The number of nitrogens with zero attached hydrogens (tertiary/aromatic N) is 5. The molecule has 230 valence electrons. The van der Waals surface area contributed by atoms with Gasteiger partial charge in [-0.1, -0.05) is 127 Å². The fourth-order valence-corrected chi connectivity index (χ4v) is 7.39. The number of benzene rings is 7. The van der Waals surface area contributed by atoms with Crippen molar-refractivity contribution in [2.24, 2.45) is 0 Å². The minimum atomic E-state index is 0.694. The highest BCUT2D eigenvalue weighted by molar-refractivity contribution is 6.13. The largest absolute Gasteiger partial charge is 0.309 e. The van der Waals surface area contributed by atoms with Gasteiger partial charge in [-0.3, -0.25) is 0 Å². The molecular weight excluding hydrogens is 599 g/mol. The van der Waals surface area contributed by atoms with Crippen LogP contribution < -0.4 is 0 Å². The van der Waals surface area contributed by atoms with Gasteiger partial charge in [-0.25, -0.2) is 9.67 Å². The maximum atomic E-state index is 5.16. The summed E-state index contributed by atoms with van der Waals surface area (Å²) >= 11 is 0. The van der Waals surface area contributed by atoms with Gasteiger partial charge in [0.2, 0.25) is 0 Å². The van der Waals surface area contributed by atoms with E-state index in [1.165, 1.54) is 21.8 Å². The lowest BCUT2D eigenvalue weighted by Gasteiger charge is -2.13. The summed E-state index contributed by atoms with van der Waals surface area (Å²) in [5.41, 5.74) is 9.81. The normalized spacial score (nSPS) is 11.7. The van der Waals surface area contributed by atoms with E-state index in [9.17, 15) is 0 Å². The molecule has 10 aromatic rings. The molecule has 0 amide bonds. The van der Waals surface area contributed by atoms with Crippen molar-refractivity contribution in [2.45, 2.75) is 0 Å². The predicted molar refractivity (Wildman–Crippen MR) is 201 cm³/mol. The number of rotatable bonds is 5. The second kappa shape index (κ2) is 10.9. The molecule has 0 radical (unpaired) electrons. The van der Waals surface area contributed by atoms with Crippen LogP contribution in [0.2, 0.25) is 0 Å². The van der Waals surface area contributed by atoms with E-state index in [1.54, 1.807) is 0 Å². The Morgan fingerprint density at radius 3 is 1.53 bits per heavy atom. The summed E-state index contributed by atoms with van der Waals surface area (Å²) < 4.78 is 6.77. The molecule has 0 unspecified atom stereocenters. The smallest absolute Gasteiger partial charge is 0.182 e. The summed E-state index contributed by atoms with van der Waals surface area (Å²) in [7, 11) is 0. The summed E-state index contributed by atoms with van der Waals surface area (Å²) in [4.78, 5) is 5.11. The average Bonchev–Trinajstić information content (AvgIpc) is 3.87. The van der Waals surface area contributed by atoms with Gasteiger partial charge >= 0.3 is 0 Å². The first-order valence-electron chi connectivity index (χ1n) is 16.5. The Morgan fingerprint density at radius 1 is 0.388 bits per heavy atom. The van der Waals surface area contributed by atoms with Crippen LogP contribution in [0.5, 0.6) is 0 Å². The van der Waals surface area contributed by atoms with E-state index in [0.717, 1.165) is 55.8 Å². The van der Waals surface area contributed by atoms with Crippen LogP contribution in [0.25, 0.3) is 83.4 Å². The van der Waals surface area contributed by atoms with E-state index in [2.05, 4.69) is 149 Å². The third-order valence-corrected chi connectivity index (χ3v) is 9.50. The molecule has 0 atom stereocenters. The third kappa shape index (κ3) is 4.26. The SMILES string of the molecule is c1ccc(-c2nc(-c3ccccc3)n(-c3cccc4c3c3ccccc3n4-c3cccc(-n4c5ccccc5c5ccccc54)c3)n2)cc1. The first-order chi connectivity index (χ1) is 24.3. The minimum Gasteiger partial charge on any atom is -0.309 e. The van der Waals surface area contributed by atoms with Crippen LogP contribution in [0.1, 0.15) is 0 Å². The number of fused-ring (bicyclic) bond motifs is 6. The highest BCUT2D eigenvalue weighted by atomic mass is 15.4. The topological polar surface area (TPSA) is 40.6 Å². The number of aromatic nitrogens is 5. The van der Waals surface area contributed by atoms with Crippen LogP contribution in [0.3, 0.4) is 0 Å². The molecule has 49 heavy (non-hydrogen) atoms. The molecule has 0 saturated carbocycles. The van der Waals surface area contributed by atoms with Crippen molar-refractivity contribution in [3.8, 4) is 39.8 Å². The van der Waals surface area contributed by atoms with Crippen molar-refractivity contribution in [1.82, 2.24) is 23.9 Å². The van der Waals surface area contributed by atoms with Gasteiger partial charge in [0.05, 0.1) is 27.8 Å². The number of hydrogen-bond acceptors (Lipinski definition) is 2. The molecule has 0 aliphatic heterocycles. The fraction of sp³-hybridized carbons (Fsp3) is 0. The summed E-state index contributed by atoms with van der Waals surface area (Å²) in [5.74, 6) is 1.50. The Labute approximate surface area is 282 Å². The average molecular weight is 628 g/mol. The van der Waals surface area contributed by atoms with Gasteiger partial charge in [0.1, 0.15) is 0 Å².